The number of amides is 1. The molecule has 0 fully saturated rings. The van der Waals surface area contributed by atoms with Crippen LogP contribution in [0.4, 0.5) is 5.69 Å². The lowest BCUT2D eigenvalue weighted by Gasteiger charge is -2.19. The van der Waals surface area contributed by atoms with Crippen molar-refractivity contribution in [2.24, 2.45) is 4.99 Å². The number of ether oxygens (including phenoxy) is 1. The molecule has 1 aliphatic heterocycles. The van der Waals surface area contributed by atoms with Crippen LogP contribution in [-0.4, -0.2) is 18.9 Å². The fourth-order valence-corrected chi connectivity index (χ4v) is 3.94. The number of nitrogens with zero attached hydrogens (tertiary/aromatic N) is 2. The second-order valence-electron chi connectivity index (χ2n) is 6.34. The zero-order chi connectivity index (χ0) is 20.4. The van der Waals surface area contributed by atoms with E-state index in [2.05, 4.69) is 31.9 Å². The Bertz CT molecular complexity index is 1140. The number of hydrogen-bond acceptors (Lipinski definition) is 3. The molecule has 1 aliphatic rings. The average Bonchev–Trinajstić information content (AvgIpc) is 3.04. The van der Waals surface area contributed by atoms with Gasteiger partial charge in [-0.15, -0.1) is 0 Å². The van der Waals surface area contributed by atoms with Crippen molar-refractivity contribution in [3.63, 3.8) is 0 Å². The summed E-state index contributed by atoms with van der Waals surface area (Å²) in [5.41, 5.74) is 2.84. The Balaban J connectivity index is 1.83. The Morgan fingerprint density at radius 1 is 0.966 bits per heavy atom. The van der Waals surface area contributed by atoms with Crippen LogP contribution in [0.2, 0.25) is 0 Å². The smallest absolute Gasteiger partial charge is 0.282 e. The minimum atomic E-state index is -0.180. The molecule has 0 unspecified atom stereocenters. The van der Waals surface area contributed by atoms with Crippen molar-refractivity contribution in [1.82, 2.24) is 0 Å². The zero-order valence-corrected chi connectivity index (χ0v) is 18.6. The molecule has 29 heavy (non-hydrogen) atoms. The monoisotopic (exact) mass is 510 g/mol. The number of rotatable bonds is 4. The molecule has 144 valence electrons. The molecule has 4 rings (SSSR count). The summed E-state index contributed by atoms with van der Waals surface area (Å²) in [5, 5.41) is 0. The van der Waals surface area contributed by atoms with Gasteiger partial charge in [-0.05, 0) is 54.1 Å². The Labute approximate surface area is 185 Å². The second kappa shape index (κ2) is 8.35. The highest BCUT2D eigenvalue weighted by atomic mass is 79.9. The van der Waals surface area contributed by atoms with E-state index in [1.807, 2.05) is 72.8 Å². The van der Waals surface area contributed by atoms with E-state index in [1.165, 1.54) is 0 Å². The largest absolute Gasteiger partial charge is 0.497 e. The summed E-state index contributed by atoms with van der Waals surface area (Å²) in [7, 11) is 1.61. The van der Waals surface area contributed by atoms with Gasteiger partial charge in [0.2, 0.25) is 0 Å². The zero-order valence-electron chi connectivity index (χ0n) is 15.5. The molecule has 6 heteroatoms. The fourth-order valence-electron chi connectivity index (χ4n) is 3.06. The van der Waals surface area contributed by atoms with E-state index in [0.717, 1.165) is 31.5 Å². The second-order valence-corrected chi connectivity index (χ2v) is 8.11. The first-order chi connectivity index (χ1) is 14.1. The molecule has 3 aromatic rings. The number of amidine groups is 1. The Morgan fingerprint density at radius 2 is 1.72 bits per heavy atom. The summed E-state index contributed by atoms with van der Waals surface area (Å²) in [5.74, 6) is 1.12. The molecule has 0 aromatic heterocycles. The standard InChI is InChI=1S/C23H16Br2N2O2/c1-29-18-11-9-17(10-12-18)27-22(19-7-2-3-8-20(19)25)26-21(23(27)28)14-15-5-4-6-16(24)13-15/h2-14H,1H3/b21-14+. The van der Waals surface area contributed by atoms with Crippen molar-refractivity contribution in [2.45, 2.75) is 0 Å². The van der Waals surface area contributed by atoms with Gasteiger partial charge in [-0.1, -0.05) is 62.2 Å². The summed E-state index contributed by atoms with van der Waals surface area (Å²) in [4.78, 5) is 19.7. The van der Waals surface area contributed by atoms with Crippen LogP contribution in [0.15, 0.2) is 92.4 Å². The van der Waals surface area contributed by atoms with Crippen LogP contribution >= 0.6 is 31.9 Å². The molecule has 3 aromatic carbocycles. The van der Waals surface area contributed by atoms with Gasteiger partial charge < -0.3 is 4.74 Å². The minimum Gasteiger partial charge on any atom is -0.497 e. The summed E-state index contributed by atoms with van der Waals surface area (Å²) in [6.07, 6.45) is 1.80. The van der Waals surface area contributed by atoms with Gasteiger partial charge in [0.05, 0.1) is 12.8 Å². The molecule has 4 nitrogen and oxygen atoms in total. The Hall–Kier alpha value is -2.70. The number of methoxy groups -OCH3 is 1. The average molecular weight is 512 g/mol. The highest BCUT2D eigenvalue weighted by Gasteiger charge is 2.33. The maximum Gasteiger partial charge on any atom is 0.282 e. The van der Waals surface area contributed by atoms with Crippen LogP contribution in [0.25, 0.3) is 6.08 Å². The van der Waals surface area contributed by atoms with E-state index in [0.29, 0.717) is 11.5 Å². The van der Waals surface area contributed by atoms with Gasteiger partial charge in [0.25, 0.3) is 5.91 Å². The first kappa shape index (κ1) is 19.6. The van der Waals surface area contributed by atoms with Crippen LogP contribution in [0.3, 0.4) is 0 Å². The van der Waals surface area contributed by atoms with Gasteiger partial charge in [0, 0.05) is 14.5 Å². The van der Waals surface area contributed by atoms with Gasteiger partial charge in [0.1, 0.15) is 17.3 Å². The van der Waals surface area contributed by atoms with Crippen molar-refractivity contribution in [1.29, 1.82) is 0 Å². The van der Waals surface area contributed by atoms with Crippen LogP contribution in [-0.2, 0) is 4.79 Å². The summed E-state index contributed by atoms with van der Waals surface area (Å²) in [6.45, 7) is 0. The molecule has 0 spiro atoms. The van der Waals surface area contributed by atoms with Crippen molar-refractivity contribution in [3.8, 4) is 5.75 Å². The van der Waals surface area contributed by atoms with Crippen LogP contribution in [0, 0.1) is 0 Å². The Kier molecular flexibility index (Phi) is 5.65. The molecule has 0 aliphatic carbocycles. The Morgan fingerprint density at radius 3 is 2.41 bits per heavy atom. The van der Waals surface area contributed by atoms with Gasteiger partial charge in [0.15, 0.2) is 0 Å². The quantitative estimate of drug-likeness (QED) is 0.400. The summed E-state index contributed by atoms with van der Waals surface area (Å²) >= 11 is 7.05. The number of aliphatic imine (C=N–C) groups is 1. The van der Waals surface area contributed by atoms with Crippen molar-refractivity contribution in [3.05, 3.63) is 98.6 Å². The molecular formula is C23H16Br2N2O2. The third-order valence-electron chi connectivity index (χ3n) is 4.46. The van der Waals surface area contributed by atoms with E-state index in [1.54, 1.807) is 18.1 Å². The number of carbonyl (C=O) groups is 1. The molecule has 0 saturated carbocycles. The van der Waals surface area contributed by atoms with Crippen LogP contribution in [0.1, 0.15) is 11.1 Å². The first-order valence-electron chi connectivity index (χ1n) is 8.86. The molecular weight excluding hydrogens is 496 g/mol. The minimum absolute atomic E-state index is 0.180. The number of halogens is 2. The van der Waals surface area contributed by atoms with Crippen molar-refractivity contribution < 1.29 is 9.53 Å². The first-order valence-corrected chi connectivity index (χ1v) is 10.4. The van der Waals surface area contributed by atoms with Crippen LogP contribution < -0.4 is 9.64 Å². The summed E-state index contributed by atoms with van der Waals surface area (Å²) < 4.78 is 7.06. The topological polar surface area (TPSA) is 41.9 Å². The van der Waals surface area contributed by atoms with Gasteiger partial charge >= 0.3 is 0 Å². The number of anilines is 1. The summed E-state index contributed by atoms with van der Waals surface area (Å²) in [6, 6.07) is 22.9. The third-order valence-corrected chi connectivity index (χ3v) is 5.64. The predicted octanol–water partition coefficient (Wildman–Crippen LogP) is 6.05. The third kappa shape index (κ3) is 4.04. The molecule has 0 N–H and O–H groups in total. The van der Waals surface area contributed by atoms with E-state index < -0.39 is 0 Å². The lowest BCUT2D eigenvalue weighted by molar-refractivity contribution is -0.113. The van der Waals surface area contributed by atoms with E-state index in [-0.39, 0.29) is 5.91 Å². The van der Waals surface area contributed by atoms with E-state index >= 15 is 0 Å². The molecule has 0 radical (unpaired) electrons. The number of benzene rings is 3. The van der Waals surface area contributed by atoms with Gasteiger partial charge in [-0.25, -0.2) is 4.99 Å². The molecule has 1 heterocycles. The number of hydrogen-bond donors (Lipinski definition) is 0. The van der Waals surface area contributed by atoms with Crippen molar-refractivity contribution >= 4 is 55.4 Å². The normalized spacial score (nSPS) is 15.0. The fraction of sp³-hybridized carbons (Fsp3) is 0.0435. The van der Waals surface area contributed by atoms with Crippen molar-refractivity contribution in [2.75, 3.05) is 12.0 Å². The van der Waals surface area contributed by atoms with E-state index in [4.69, 9.17) is 9.73 Å². The SMILES string of the molecule is COc1ccc(N2C(=O)/C(=C\c3cccc(Br)c3)N=C2c2ccccc2Br)cc1. The molecule has 0 bridgehead atoms. The highest BCUT2D eigenvalue weighted by molar-refractivity contribution is 9.10. The molecule has 1 amide bonds. The predicted molar refractivity (Wildman–Crippen MR) is 123 cm³/mol. The lowest BCUT2D eigenvalue weighted by Crippen LogP contribution is -2.32. The number of carbonyl (C=O) groups excluding carboxylic acids is 1. The maximum absolute atomic E-state index is 13.3. The molecule has 0 saturated heterocycles. The highest BCUT2D eigenvalue weighted by Crippen LogP contribution is 2.31. The maximum atomic E-state index is 13.3. The lowest BCUT2D eigenvalue weighted by atomic mass is 10.1. The van der Waals surface area contributed by atoms with Gasteiger partial charge in [-0.2, -0.15) is 0 Å². The van der Waals surface area contributed by atoms with Crippen LogP contribution in [0.5, 0.6) is 5.75 Å². The molecule has 0 atom stereocenters. The van der Waals surface area contributed by atoms with E-state index in [9.17, 15) is 4.79 Å². The van der Waals surface area contributed by atoms with Gasteiger partial charge in [-0.3, -0.25) is 9.69 Å².